The molecule has 0 saturated heterocycles. The monoisotopic (exact) mass is 368 g/mol. The summed E-state index contributed by atoms with van der Waals surface area (Å²) in [5, 5.41) is 0.409. The van der Waals surface area contributed by atoms with Crippen molar-refractivity contribution in [3.8, 4) is 0 Å². The van der Waals surface area contributed by atoms with Gasteiger partial charge in [0.2, 0.25) is 5.91 Å². The molecule has 0 unspecified atom stereocenters. The third kappa shape index (κ3) is 2.50. The summed E-state index contributed by atoms with van der Waals surface area (Å²) < 4.78 is 0. The van der Waals surface area contributed by atoms with Crippen LogP contribution in [-0.4, -0.2) is 41.5 Å². The number of benzene rings is 2. The minimum atomic E-state index is -0.483. The normalized spacial score (nSPS) is 16.0. The highest BCUT2D eigenvalue weighted by atomic mass is 35.5. The van der Waals surface area contributed by atoms with Crippen LogP contribution in [0.15, 0.2) is 42.5 Å². The standard InChI is InChI=1S/C19H13ClN2O4/c20-11-5-6-15-14(9-11)16(23)7-8-21(15)17(24)10-22-18(25)12-3-1-2-4-13(12)19(22)26/h1-6,9H,7-8,10H2. The van der Waals surface area contributed by atoms with Crippen LogP contribution >= 0.6 is 11.6 Å². The summed E-state index contributed by atoms with van der Waals surface area (Å²) in [7, 11) is 0. The predicted octanol–water partition coefficient (Wildman–Crippen LogP) is 2.56. The van der Waals surface area contributed by atoms with Gasteiger partial charge in [0.1, 0.15) is 6.54 Å². The lowest BCUT2D eigenvalue weighted by molar-refractivity contribution is -0.119. The highest BCUT2D eigenvalue weighted by molar-refractivity contribution is 6.31. The van der Waals surface area contributed by atoms with E-state index in [0.717, 1.165) is 4.90 Å². The van der Waals surface area contributed by atoms with Gasteiger partial charge in [-0.3, -0.25) is 24.1 Å². The van der Waals surface area contributed by atoms with Crippen LogP contribution in [0.3, 0.4) is 0 Å². The maximum atomic E-state index is 12.8. The second kappa shape index (κ2) is 6.07. The van der Waals surface area contributed by atoms with Crippen molar-refractivity contribution in [3.63, 3.8) is 0 Å². The summed E-state index contributed by atoms with van der Waals surface area (Å²) in [5.41, 5.74) is 1.42. The molecule has 6 nitrogen and oxygen atoms in total. The summed E-state index contributed by atoms with van der Waals surface area (Å²) in [6.07, 6.45) is 0.168. The van der Waals surface area contributed by atoms with E-state index in [1.807, 2.05) is 0 Å². The Morgan fingerprint density at radius 3 is 2.27 bits per heavy atom. The van der Waals surface area contributed by atoms with Gasteiger partial charge in [-0.05, 0) is 30.3 Å². The summed E-state index contributed by atoms with van der Waals surface area (Å²) >= 11 is 5.94. The number of carbonyl (C=O) groups is 4. The third-order valence-corrected chi connectivity index (χ3v) is 4.82. The van der Waals surface area contributed by atoms with Gasteiger partial charge in [0.25, 0.3) is 11.8 Å². The van der Waals surface area contributed by atoms with Crippen molar-refractivity contribution in [2.24, 2.45) is 0 Å². The molecule has 0 bridgehead atoms. The van der Waals surface area contributed by atoms with Crippen molar-refractivity contribution >= 4 is 40.8 Å². The summed E-state index contributed by atoms with van der Waals surface area (Å²) in [5.74, 6) is -1.48. The predicted molar refractivity (Wildman–Crippen MR) is 94.6 cm³/mol. The van der Waals surface area contributed by atoms with Gasteiger partial charge in [-0.2, -0.15) is 0 Å². The first-order chi connectivity index (χ1) is 12.5. The van der Waals surface area contributed by atoms with Gasteiger partial charge in [0.15, 0.2) is 5.78 Å². The Bertz CT molecular complexity index is 950. The molecule has 2 aromatic rings. The van der Waals surface area contributed by atoms with Crippen molar-refractivity contribution in [1.29, 1.82) is 0 Å². The molecule has 2 aromatic carbocycles. The van der Waals surface area contributed by atoms with Crippen molar-refractivity contribution < 1.29 is 19.2 Å². The fourth-order valence-electron chi connectivity index (χ4n) is 3.30. The molecule has 0 aromatic heterocycles. The molecule has 0 saturated carbocycles. The largest absolute Gasteiger partial charge is 0.310 e. The molecule has 2 heterocycles. The molecule has 130 valence electrons. The second-order valence-electron chi connectivity index (χ2n) is 6.12. The van der Waals surface area contributed by atoms with Crippen LogP contribution in [0.1, 0.15) is 37.5 Å². The number of rotatable bonds is 2. The number of nitrogens with zero attached hydrogens (tertiary/aromatic N) is 2. The molecule has 0 aliphatic carbocycles. The van der Waals surface area contributed by atoms with Crippen LogP contribution in [0.25, 0.3) is 0 Å². The van der Waals surface area contributed by atoms with Crippen LogP contribution in [-0.2, 0) is 4.79 Å². The quantitative estimate of drug-likeness (QED) is 0.763. The fraction of sp³-hybridized carbons (Fsp3) is 0.158. The van der Waals surface area contributed by atoms with Crippen LogP contribution in [0, 0.1) is 0 Å². The van der Waals surface area contributed by atoms with E-state index in [4.69, 9.17) is 11.6 Å². The number of hydrogen-bond donors (Lipinski definition) is 0. The molecule has 4 rings (SSSR count). The van der Waals surface area contributed by atoms with Crippen molar-refractivity contribution in [2.75, 3.05) is 18.0 Å². The van der Waals surface area contributed by atoms with Gasteiger partial charge in [-0.25, -0.2) is 0 Å². The van der Waals surface area contributed by atoms with Crippen molar-refractivity contribution in [2.45, 2.75) is 6.42 Å². The Hall–Kier alpha value is -2.99. The van der Waals surface area contributed by atoms with Crippen molar-refractivity contribution in [3.05, 3.63) is 64.2 Å². The zero-order valence-corrected chi connectivity index (χ0v) is 14.3. The number of ketones is 1. The van der Waals surface area contributed by atoms with Crippen molar-refractivity contribution in [1.82, 2.24) is 4.90 Å². The lowest BCUT2D eigenvalue weighted by Crippen LogP contribution is -2.45. The molecule has 0 spiro atoms. The highest BCUT2D eigenvalue weighted by Gasteiger charge is 2.38. The van der Waals surface area contributed by atoms with Gasteiger partial charge in [-0.15, -0.1) is 0 Å². The summed E-state index contributed by atoms with van der Waals surface area (Å²) in [4.78, 5) is 52.1. The first-order valence-corrected chi connectivity index (χ1v) is 8.43. The molecule has 2 aliphatic heterocycles. The lowest BCUT2D eigenvalue weighted by atomic mass is 10.0. The van der Waals surface area contributed by atoms with E-state index in [9.17, 15) is 19.2 Å². The SMILES string of the molecule is O=C1CCN(C(=O)CN2C(=O)c3ccccc3C2=O)c2ccc(Cl)cc21. The zero-order valence-electron chi connectivity index (χ0n) is 13.6. The summed E-state index contributed by atoms with van der Waals surface area (Å²) in [6.45, 7) is -0.169. The van der Waals surface area contributed by atoms with E-state index in [-0.39, 0.29) is 25.3 Å². The van der Waals surface area contributed by atoms with E-state index in [1.54, 1.807) is 36.4 Å². The number of Topliss-reactive ketones (excluding diaryl/α,β-unsaturated/α-hetero) is 1. The Morgan fingerprint density at radius 2 is 1.62 bits per heavy atom. The van der Waals surface area contributed by atoms with Gasteiger partial charge < -0.3 is 4.90 Å². The minimum Gasteiger partial charge on any atom is -0.310 e. The molecule has 3 amide bonds. The molecule has 2 aliphatic rings. The Morgan fingerprint density at radius 1 is 0.962 bits per heavy atom. The molecule has 0 atom stereocenters. The van der Waals surface area contributed by atoms with E-state index in [0.29, 0.717) is 27.4 Å². The van der Waals surface area contributed by atoms with Gasteiger partial charge >= 0.3 is 0 Å². The number of imide groups is 1. The van der Waals surface area contributed by atoms with Gasteiger partial charge in [-0.1, -0.05) is 23.7 Å². The highest BCUT2D eigenvalue weighted by Crippen LogP contribution is 2.30. The number of carbonyl (C=O) groups excluding carboxylic acids is 4. The van der Waals surface area contributed by atoms with E-state index in [1.165, 1.54) is 11.0 Å². The molecule has 7 heteroatoms. The minimum absolute atomic E-state index is 0.0905. The Kier molecular flexibility index (Phi) is 3.85. The zero-order chi connectivity index (χ0) is 18.4. The van der Waals surface area contributed by atoms with Crippen LogP contribution in [0.4, 0.5) is 5.69 Å². The first-order valence-electron chi connectivity index (χ1n) is 8.05. The van der Waals surface area contributed by atoms with E-state index >= 15 is 0 Å². The number of fused-ring (bicyclic) bond motifs is 2. The molecule has 0 fully saturated rings. The lowest BCUT2D eigenvalue weighted by Gasteiger charge is -2.30. The van der Waals surface area contributed by atoms with Crippen LogP contribution < -0.4 is 4.90 Å². The smallest absolute Gasteiger partial charge is 0.262 e. The number of hydrogen-bond acceptors (Lipinski definition) is 4. The molecule has 26 heavy (non-hydrogen) atoms. The fourth-order valence-corrected chi connectivity index (χ4v) is 3.47. The molecule has 0 radical (unpaired) electrons. The van der Waals surface area contributed by atoms with Gasteiger partial charge in [0.05, 0.1) is 16.8 Å². The first kappa shape index (κ1) is 16.5. The van der Waals surface area contributed by atoms with Crippen LogP contribution in [0.2, 0.25) is 5.02 Å². The Labute approximate surface area is 154 Å². The second-order valence-corrected chi connectivity index (χ2v) is 6.56. The number of amides is 3. The maximum Gasteiger partial charge on any atom is 0.262 e. The third-order valence-electron chi connectivity index (χ3n) is 4.58. The Balaban J connectivity index is 1.61. The van der Waals surface area contributed by atoms with Gasteiger partial charge in [0, 0.05) is 23.6 Å². The van der Waals surface area contributed by atoms with E-state index in [2.05, 4.69) is 0 Å². The number of anilines is 1. The average Bonchev–Trinajstić information content (AvgIpc) is 2.88. The van der Waals surface area contributed by atoms with Crippen LogP contribution in [0.5, 0.6) is 0 Å². The topological polar surface area (TPSA) is 74.8 Å². The average molecular weight is 369 g/mol. The molecular weight excluding hydrogens is 356 g/mol. The maximum absolute atomic E-state index is 12.8. The molecular formula is C19H13ClN2O4. The summed E-state index contributed by atoms with van der Waals surface area (Å²) in [6, 6.07) is 11.2. The molecule has 0 N–H and O–H groups in total. The van der Waals surface area contributed by atoms with E-state index < -0.39 is 17.7 Å². The number of halogens is 1.